The lowest BCUT2D eigenvalue weighted by atomic mass is 10.1. The molecular weight excluding hydrogens is 258 g/mol. The molecule has 3 N–H and O–H groups in total. The number of aliphatic hydroxyl groups is 1. The van der Waals surface area contributed by atoms with Gasteiger partial charge in [0, 0.05) is 11.9 Å². The van der Waals surface area contributed by atoms with Crippen molar-refractivity contribution in [3.05, 3.63) is 35.6 Å². The number of rotatable bonds is 7. The van der Waals surface area contributed by atoms with Crippen LogP contribution >= 0.6 is 0 Å². The molecule has 0 saturated heterocycles. The second-order valence-corrected chi connectivity index (χ2v) is 4.96. The molecule has 5 nitrogen and oxygen atoms in total. The van der Waals surface area contributed by atoms with Crippen LogP contribution in [0.4, 0.5) is 0 Å². The largest absolute Gasteiger partial charge is 0.475 e. The average molecular weight is 277 g/mol. The van der Waals surface area contributed by atoms with Gasteiger partial charge in [0.05, 0.1) is 6.10 Å². The summed E-state index contributed by atoms with van der Waals surface area (Å²) in [5.41, 5.74) is 1.66. The van der Waals surface area contributed by atoms with Gasteiger partial charge in [-0.15, -0.1) is 0 Å². The monoisotopic (exact) mass is 277 g/mol. The van der Waals surface area contributed by atoms with Crippen LogP contribution in [0.25, 0.3) is 11.0 Å². The minimum atomic E-state index is -1.06. The Hall–Kier alpha value is -1.85. The van der Waals surface area contributed by atoms with Gasteiger partial charge < -0.3 is 19.9 Å². The molecule has 1 aromatic heterocycles. The number of furan rings is 1. The van der Waals surface area contributed by atoms with E-state index in [2.05, 4.69) is 5.32 Å². The van der Waals surface area contributed by atoms with E-state index in [0.29, 0.717) is 12.1 Å². The van der Waals surface area contributed by atoms with Crippen LogP contribution in [0.3, 0.4) is 0 Å². The summed E-state index contributed by atoms with van der Waals surface area (Å²) >= 11 is 0. The first kappa shape index (κ1) is 14.6. The lowest BCUT2D eigenvalue weighted by Gasteiger charge is -2.06. The van der Waals surface area contributed by atoms with E-state index in [0.717, 1.165) is 30.3 Å². The second kappa shape index (κ2) is 6.54. The number of carbonyl (C=O) groups is 1. The molecule has 0 aliphatic rings. The van der Waals surface area contributed by atoms with Crippen LogP contribution in [0.2, 0.25) is 0 Å². The molecular formula is C15H19NO4. The standard InChI is InChI=1S/C15H19NO4/c1-10(17)3-2-6-16-9-11-4-5-13-12(7-11)8-14(20-13)15(18)19/h4-5,7-8,10,16-17H,2-3,6,9H2,1H3,(H,18,19). The van der Waals surface area contributed by atoms with E-state index in [9.17, 15) is 4.79 Å². The SMILES string of the molecule is CC(O)CCCNCc1ccc2oc(C(=O)O)cc2c1. The van der Waals surface area contributed by atoms with E-state index < -0.39 is 5.97 Å². The van der Waals surface area contributed by atoms with E-state index in [1.54, 1.807) is 13.0 Å². The second-order valence-electron chi connectivity index (χ2n) is 4.96. The molecule has 108 valence electrons. The lowest BCUT2D eigenvalue weighted by molar-refractivity contribution is 0.0665. The van der Waals surface area contributed by atoms with Crippen molar-refractivity contribution in [3.63, 3.8) is 0 Å². The molecule has 0 aliphatic carbocycles. The minimum absolute atomic E-state index is 0.0398. The predicted molar refractivity (Wildman–Crippen MR) is 75.8 cm³/mol. The highest BCUT2D eigenvalue weighted by molar-refractivity contribution is 5.91. The molecule has 1 aromatic carbocycles. The maximum Gasteiger partial charge on any atom is 0.371 e. The molecule has 0 saturated carbocycles. The van der Waals surface area contributed by atoms with Crippen LogP contribution in [-0.4, -0.2) is 28.8 Å². The Balaban J connectivity index is 1.92. The molecule has 1 unspecified atom stereocenters. The summed E-state index contributed by atoms with van der Waals surface area (Å²) < 4.78 is 5.21. The molecule has 2 rings (SSSR count). The lowest BCUT2D eigenvalue weighted by Crippen LogP contribution is -2.16. The predicted octanol–water partition coefficient (Wildman–Crippen LogP) is 2.38. The van der Waals surface area contributed by atoms with Gasteiger partial charge in [-0.3, -0.25) is 0 Å². The van der Waals surface area contributed by atoms with Crippen molar-refractivity contribution < 1.29 is 19.4 Å². The van der Waals surface area contributed by atoms with Crippen molar-refractivity contribution in [1.82, 2.24) is 5.32 Å². The first-order valence-electron chi connectivity index (χ1n) is 6.71. The number of hydrogen-bond acceptors (Lipinski definition) is 4. The fourth-order valence-corrected chi connectivity index (χ4v) is 2.06. The van der Waals surface area contributed by atoms with Gasteiger partial charge in [-0.2, -0.15) is 0 Å². The van der Waals surface area contributed by atoms with Crippen molar-refractivity contribution >= 4 is 16.9 Å². The zero-order valence-electron chi connectivity index (χ0n) is 11.4. The quantitative estimate of drug-likeness (QED) is 0.677. The van der Waals surface area contributed by atoms with Gasteiger partial charge in [-0.25, -0.2) is 4.79 Å². The fraction of sp³-hybridized carbons (Fsp3) is 0.400. The topological polar surface area (TPSA) is 82.7 Å². The number of hydrogen-bond donors (Lipinski definition) is 3. The zero-order chi connectivity index (χ0) is 14.5. The highest BCUT2D eigenvalue weighted by Gasteiger charge is 2.10. The third-order valence-corrected chi connectivity index (χ3v) is 3.10. The molecule has 0 amide bonds. The number of benzene rings is 1. The van der Waals surface area contributed by atoms with Gasteiger partial charge >= 0.3 is 5.97 Å². The molecule has 1 atom stereocenters. The van der Waals surface area contributed by atoms with E-state index in [1.165, 1.54) is 6.07 Å². The van der Waals surface area contributed by atoms with Crippen LogP contribution in [0.15, 0.2) is 28.7 Å². The van der Waals surface area contributed by atoms with Crippen LogP contribution in [0.1, 0.15) is 35.9 Å². The van der Waals surface area contributed by atoms with Gasteiger partial charge in [0.25, 0.3) is 0 Å². The first-order valence-corrected chi connectivity index (χ1v) is 6.71. The molecule has 20 heavy (non-hydrogen) atoms. The summed E-state index contributed by atoms with van der Waals surface area (Å²) in [5.74, 6) is -1.10. The van der Waals surface area contributed by atoms with Gasteiger partial charge in [0.15, 0.2) is 0 Å². The molecule has 5 heteroatoms. The minimum Gasteiger partial charge on any atom is -0.475 e. The van der Waals surface area contributed by atoms with Crippen LogP contribution in [0.5, 0.6) is 0 Å². The Bertz CT molecular complexity index is 589. The maximum atomic E-state index is 10.8. The van der Waals surface area contributed by atoms with Gasteiger partial charge in [-0.05, 0) is 50.1 Å². The number of carboxylic acid groups (broad SMARTS) is 1. The highest BCUT2D eigenvalue weighted by Crippen LogP contribution is 2.20. The van der Waals surface area contributed by atoms with Crippen LogP contribution in [-0.2, 0) is 6.54 Å². The van der Waals surface area contributed by atoms with Crippen LogP contribution in [0, 0.1) is 0 Å². The Labute approximate surface area is 117 Å². The van der Waals surface area contributed by atoms with E-state index in [1.807, 2.05) is 12.1 Å². The van der Waals surface area contributed by atoms with Crippen molar-refractivity contribution in [3.8, 4) is 0 Å². The number of fused-ring (bicyclic) bond motifs is 1. The van der Waals surface area contributed by atoms with Crippen molar-refractivity contribution in [2.24, 2.45) is 0 Å². The third kappa shape index (κ3) is 3.82. The summed E-state index contributed by atoms with van der Waals surface area (Å²) in [6.07, 6.45) is 1.46. The normalized spacial score (nSPS) is 12.7. The number of aromatic carboxylic acids is 1. The molecule has 0 aliphatic heterocycles. The maximum absolute atomic E-state index is 10.8. The number of carboxylic acids is 1. The first-order chi connectivity index (χ1) is 9.56. The average Bonchev–Trinajstić information content (AvgIpc) is 2.81. The van der Waals surface area contributed by atoms with Crippen molar-refractivity contribution in [2.75, 3.05) is 6.54 Å². The smallest absolute Gasteiger partial charge is 0.371 e. The fourth-order valence-electron chi connectivity index (χ4n) is 2.06. The van der Waals surface area contributed by atoms with E-state index in [-0.39, 0.29) is 11.9 Å². The molecule has 0 spiro atoms. The summed E-state index contributed by atoms with van der Waals surface area (Å²) in [6.45, 7) is 3.34. The van der Waals surface area contributed by atoms with Crippen LogP contribution < -0.4 is 5.32 Å². The van der Waals surface area contributed by atoms with Gasteiger partial charge in [0.1, 0.15) is 5.58 Å². The highest BCUT2D eigenvalue weighted by atomic mass is 16.4. The molecule has 0 bridgehead atoms. The Kier molecular flexibility index (Phi) is 4.76. The summed E-state index contributed by atoms with van der Waals surface area (Å²) in [7, 11) is 0. The number of nitrogens with one attached hydrogen (secondary N) is 1. The summed E-state index contributed by atoms with van der Waals surface area (Å²) in [6, 6.07) is 7.16. The summed E-state index contributed by atoms with van der Waals surface area (Å²) in [4.78, 5) is 10.8. The molecule has 0 radical (unpaired) electrons. The van der Waals surface area contributed by atoms with E-state index in [4.69, 9.17) is 14.6 Å². The molecule has 2 aromatic rings. The van der Waals surface area contributed by atoms with Gasteiger partial charge in [-0.1, -0.05) is 6.07 Å². The zero-order valence-corrected chi connectivity index (χ0v) is 11.4. The number of aliphatic hydroxyl groups excluding tert-OH is 1. The van der Waals surface area contributed by atoms with Gasteiger partial charge in [0.2, 0.25) is 5.76 Å². The van der Waals surface area contributed by atoms with Crippen molar-refractivity contribution in [2.45, 2.75) is 32.4 Å². The Morgan fingerprint density at radius 1 is 1.40 bits per heavy atom. The molecule has 1 heterocycles. The summed E-state index contributed by atoms with van der Waals surface area (Å²) in [5, 5.41) is 22.1. The van der Waals surface area contributed by atoms with Crippen molar-refractivity contribution in [1.29, 1.82) is 0 Å². The molecule has 0 fully saturated rings. The third-order valence-electron chi connectivity index (χ3n) is 3.10. The Morgan fingerprint density at radius 3 is 2.90 bits per heavy atom. The Morgan fingerprint density at radius 2 is 2.20 bits per heavy atom. The van der Waals surface area contributed by atoms with E-state index >= 15 is 0 Å².